The number of amides is 1. The van der Waals surface area contributed by atoms with Crippen LogP contribution in [0.4, 0.5) is 0 Å². The van der Waals surface area contributed by atoms with Gasteiger partial charge in [-0.15, -0.1) is 0 Å². The molecule has 5 heteroatoms. The standard InChI is InChI=1S/C19H19N3O2/c1-12-8-9-14(10-13(12)2)18(23)20-11-17-21-16-7-5-4-6-15(16)19(24)22(17)3/h4-10H,11H2,1-3H3,(H,20,23). The molecular weight excluding hydrogens is 302 g/mol. The van der Waals surface area contributed by atoms with Gasteiger partial charge >= 0.3 is 0 Å². The molecule has 0 fully saturated rings. The lowest BCUT2D eigenvalue weighted by atomic mass is 10.1. The predicted octanol–water partition coefficient (Wildman–Crippen LogP) is 2.48. The quantitative estimate of drug-likeness (QED) is 0.806. The Morgan fingerprint density at radius 3 is 2.62 bits per heavy atom. The second kappa shape index (κ2) is 6.28. The number of para-hydroxylation sites is 1. The topological polar surface area (TPSA) is 64.0 Å². The summed E-state index contributed by atoms with van der Waals surface area (Å²) in [5, 5.41) is 3.41. The van der Waals surface area contributed by atoms with Crippen molar-refractivity contribution in [1.29, 1.82) is 0 Å². The zero-order valence-corrected chi connectivity index (χ0v) is 14.0. The molecule has 0 aliphatic carbocycles. The van der Waals surface area contributed by atoms with E-state index in [2.05, 4.69) is 10.3 Å². The summed E-state index contributed by atoms with van der Waals surface area (Å²) in [5.74, 6) is 0.344. The summed E-state index contributed by atoms with van der Waals surface area (Å²) >= 11 is 0. The van der Waals surface area contributed by atoms with Crippen LogP contribution in [0.3, 0.4) is 0 Å². The highest BCUT2D eigenvalue weighted by Crippen LogP contribution is 2.10. The smallest absolute Gasteiger partial charge is 0.261 e. The van der Waals surface area contributed by atoms with Gasteiger partial charge in [-0.2, -0.15) is 0 Å². The number of hydrogen-bond acceptors (Lipinski definition) is 3. The van der Waals surface area contributed by atoms with E-state index < -0.39 is 0 Å². The maximum Gasteiger partial charge on any atom is 0.261 e. The summed E-state index contributed by atoms with van der Waals surface area (Å²) in [4.78, 5) is 29.2. The Labute approximate surface area is 140 Å². The van der Waals surface area contributed by atoms with Crippen LogP contribution in [0.2, 0.25) is 0 Å². The number of rotatable bonds is 3. The first-order valence-corrected chi connectivity index (χ1v) is 7.77. The van der Waals surface area contributed by atoms with Crippen molar-refractivity contribution in [2.75, 3.05) is 0 Å². The van der Waals surface area contributed by atoms with Gasteiger partial charge < -0.3 is 5.32 Å². The third-order valence-corrected chi connectivity index (χ3v) is 4.25. The van der Waals surface area contributed by atoms with Gasteiger partial charge in [0, 0.05) is 12.6 Å². The predicted molar refractivity (Wildman–Crippen MR) is 94.1 cm³/mol. The van der Waals surface area contributed by atoms with E-state index in [9.17, 15) is 9.59 Å². The van der Waals surface area contributed by atoms with Crippen molar-refractivity contribution in [3.63, 3.8) is 0 Å². The highest BCUT2D eigenvalue weighted by Gasteiger charge is 2.11. The first-order chi connectivity index (χ1) is 11.5. The van der Waals surface area contributed by atoms with E-state index in [1.165, 1.54) is 4.57 Å². The number of fused-ring (bicyclic) bond motifs is 1. The fraction of sp³-hybridized carbons (Fsp3) is 0.211. The summed E-state index contributed by atoms with van der Waals surface area (Å²) in [6.45, 7) is 4.18. The molecule has 2 aromatic carbocycles. The number of aryl methyl sites for hydroxylation is 2. The van der Waals surface area contributed by atoms with E-state index in [0.717, 1.165) is 11.1 Å². The molecule has 3 rings (SSSR count). The summed E-state index contributed by atoms with van der Waals surface area (Å²) in [5.41, 5.74) is 3.33. The third-order valence-electron chi connectivity index (χ3n) is 4.25. The number of hydrogen-bond donors (Lipinski definition) is 1. The Bertz CT molecular complexity index is 990. The molecule has 1 N–H and O–H groups in total. The molecule has 0 saturated carbocycles. The zero-order chi connectivity index (χ0) is 17.3. The molecule has 0 radical (unpaired) electrons. The minimum Gasteiger partial charge on any atom is -0.345 e. The second-order valence-electron chi connectivity index (χ2n) is 5.89. The van der Waals surface area contributed by atoms with Gasteiger partial charge in [-0.05, 0) is 49.2 Å². The van der Waals surface area contributed by atoms with Gasteiger partial charge in [-0.1, -0.05) is 18.2 Å². The van der Waals surface area contributed by atoms with Crippen LogP contribution in [0, 0.1) is 13.8 Å². The van der Waals surface area contributed by atoms with Crippen molar-refractivity contribution in [2.24, 2.45) is 7.05 Å². The summed E-state index contributed by atoms with van der Waals surface area (Å²) in [7, 11) is 1.67. The largest absolute Gasteiger partial charge is 0.345 e. The van der Waals surface area contributed by atoms with E-state index in [1.807, 2.05) is 38.1 Å². The Morgan fingerprint density at radius 2 is 1.88 bits per heavy atom. The molecule has 1 heterocycles. The normalized spacial score (nSPS) is 10.8. The first kappa shape index (κ1) is 15.9. The molecule has 1 amide bonds. The average Bonchev–Trinajstić information content (AvgIpc) is 2.59. The molecule has 0 aliphatic heterocycles. The maximum absolute atomic E-state index is 12.4. The molecule has 122 valence electrons. The van der Waals surface area contributed by atoms with Crippen LogP contribution in [-0.4, -0.2) is 15.5 Å². The SMILES string of the molecule is Cc1ccc(C(=O)NCc2nc3ccccc3c(=O)n2C)cc1C. The number of carbonyl (C=O) groups is 1. The Balaban J connectivity index is 1.85. The molecule has 0 unspecified atom stereocenters. The van der Waals surface area contributed by atoms with Gasteiger partial charge in [-0.25, -0.2) is 4.98 Å². The van der Waals surface area contributed by atoms with Gasteiger partial charge in [0.1, 0.15) is 5.82 Å². The maximum atomic E-state index is 12.4. The molecule has 0 spiro atoms. The third kappa shape index (κ3) is 2.93. The summed E-state index contributed by atoms with van der Waals surface area (Å²) < 4.78 is 1.48. The number of aromatic nitrogens is 2. The highest BCUT2D eigenvalue weighted by molar-refractivity contribution is 5.94. The van der Waals surface area contributed by atoms with Crippen molar-refractivity contribution in [2.45, 2.75) is 20.4 Å². The molecule has 24 heavy (non-hydrogen) atoms. The van der Waals surface area contributed by atoms with Crippen molar-refractivity contribution < 1.29 is 4.79 Å². The Hall–Kier alpha value is -2.95. The lowest BCUT2D eigenvalue weighted by molar-refractivity contribution is 0.0949. The Kier molecular flexibility index (Phi) is 4.16. The molecule has 5 nitrogen and oxygen atoms in total. The zero-order valence-electron chi connectivity index (χ0n) is 14.0. The van der Waals surface area contributed by atoms with E-state index in [-0.39, 0.29) is 18.0 Å². The van der Waals surface area contributed by atoms with E-state index in [4.69, 9.17) is 0 Å². The molecular formula is C19H19N3O2. The van der Waals surface area contributed by atoms with Crippen LogP contribution in [0.25, 0.3) is 10.9 Å². The van der Waals surface area contributed by atoms with Crippen molar-refractivity contribution in [3.8, 4) is 0 Å². The summed E-state index contributed by atoms with van der Waals surface area (Å²) in [6.07, 6.45) is 0. The van der Waals surface area contributed by atoms with Crippen LogP contribution >= 0.6 is 0 Å². The van der Waals surface area contributed by atoms with E-state index >= 15 is 0 Å². The van der Waals surface area contributed by atoms with Gasteiger partial charge in [0.15, 0.2) is 0 Å². The van der Waals surface area contributed by atoms with Crippen molar-refractivity contribution in [1.82, 2.24) is 14.9 Å². The minimum atomic E-state index is -0.180. The van der Waals surface area contributed by atoms with Crippen LogP contribution in [0.15, 0.2) is 47.3 Å². The molecule has 0 aliphatic rings. The van der Waals surface area contributed by atoms with Crippen LogP contribution in [0.1, 0.15) is 27.3 Å². The van der Waals surface area contributed by atoms with Crippen LogP contribution in [-0.2, 0) is 13.6 Å². The highest BCUT2D eigenvalue weighted by atomic mass is 16.1. The lowest BCUT2D eigenvalue weighted by Crippen LogP contribution is -2.29. The fourth-order valence-electron chi connectivity index (χ4n) is 2.57. The molecule has 0 atom stereocenters. The average molecular weight is 321 g/mol. The second-order valence-corrected chi connectivity index (χ2v) is 5.89. The molecule has 0 bridgehead atoms. The number of benzene rings is 2. The van der Waals surface area contributed by atoms with Gasteiger partial charge in [-0.3, -0.25) is 14.2 Å². The molecule has 3 aromatic rings. The number of carbonyl (C=O) groups excluding carboxylic acids is 1. The molecule has 0 saturated heterocycles. The Morgan fingerprint density at radius 1 is 1.12 bits per heavy atom. The van der Waals surface area contributed by atoms with Gasteiger partial charge in [0.2, 0.25) is 0 Å². The summed E-state index contributed by atoms with van der Waals surface area (Å²) in [6, 6.07) is 12.8. The lowest BCUT2D eigenvalue weighted by Gasteiger charge is -2.11. The van der Waals surface area contributed by atoms with Crippen LogP contribution in [0.5, 0.6) is 0 Å². The fourth-order valence-corrected chi connectivity index (χ4v) is 2.57. The van der Waals surface area contributed by atoms with Gasteiger partial charge in [0.05, 0.1) is 17.4 Å². The minimum absolute atomic E-state index is 0.115. The first-order valence-electron chi connectivity index (χ1n) is 7.77. The molecule has 1 aromatic heterocycles. The number of nitrogens with one attached hydrogen (secondary N) is 1. The van der Waals surface area contributed by atoms with E-state index in [0.29, 0.717) is 22.3 Å². The monoisotopic (exact) mass is 321 g/mol. The van der Waals surface area contributed by atoms with Crippen molar-refractivity contribution in [3.05, 3.63) is 75.3 Å². The van der Waals surface area contributed by atoms with E-state index in [1.54, 1.807) is 25.2 Å². The number of nitrogens with zero attached hydrogens (tertiary/aromatic N) is 2. The van der Waals surface area contributed by atoms with Crippen molar-refractivity contribution >= 4 is 16.8 Å². The van der Waals surface area contributed by atoms with Gasteiger partial charge in [0.25, 0.3) is 11.5 Å². The van der Waals surface area contributed by atoms with Crippen LogP contribution < -0.4 is 10.9 Å².